The second kappa shape index (κ2) is 11.3. The lowest BCUT2D eigenvalue weighted by atomic mass is 10.2. The van der Waals surface area contributed by atoms with Crippen molar-refractivity contribution in [3.8, 4) is 11.5 Å². The van der Waals surface area contributed by atoms with Crippen molar-refractivity contribution in [3.63, 3.8) is 0 Å². The van der Waals surface area contributed by atoms with Crippen molar-refractivity contribution in [1.29, 1.82) is 0 Å². The van der Waals surface area contributed by atoms with Crippen molar-refractivity contribution >= 4 is 29.9 Å². The van der Waals surface area contributed by atoms with Crippen LogP contribution in [0.3, 0.4) is 0 Å². The van der Waals surface area contributed by atoms with E-state index in [-0.39, 0.29) is 36.3 Å². The molecule has 0 aliphatic rings. The summed E-state index contributed by atoms with van der Waals surface area (Å²) >= 11 is 0. The number of aliphatic imine (C=N–C) groups is 1. The molecule has 0 saturated heterocycles. The second-order valence-corrected chi connectivity index (χ2v) is 4.08. The third-order valence-corrected chi connectivity index (χ3v) is 2.59. The van der Waals surface area contributed by atoms with E-state index in [1.165, 1.54) is 13.2 Å². The van der Waals surface area contributed by atoms with Gasteiger partial charge in [0.05, 0.1) is 13.7 Å². The molecule has 0 amide bonds. The van der Waals surface area contributed by atoms with Gasteiger partial charge in [-0.1, -0.05) is 0 Å². The lowest BCUT2D eigenvalue weighted by Crippen LogP contribution is -2.36. The Morgan fingerprint density at radius 1 is 1.23 bits per heavy atom. The molecule has 0 atom stereocenters. The Bertz CT molecular complexity index is 465. The smallest absolute Gasteiger partial charge is 0.387 e. The molecule has 0 aliphatic heterocycles. The van der Waals surface area contributed by atoms with Gasteiger partial charge in [-0.3, -0.25) is 0 Å². The van der Waals surface area contributed by atoms with Gasteiger partial charge < -0.3 is 20.1 Å². The third-order valence-electron chi connectivity index (χ3n) is 2.59. The van der Waals surface area contributed by atoms with E-state index in [0.29, 0.717) is 17.3 Å². The summed E-state index contributed by atoms with van der Waals surface area (Å²) in [4.78, 5) is 4.33. The van der Waals surface area contributed by atoms with Crippen LogP contribution in [0.1, 0.15) is 19.4 Å². The fourth-order valence-corrected chi connectivity index (χ4v) is 1.67. The van der Waals surface area contributed by atoms with Crippen LogP contribution in [-0.2, 0) is 6.54 Å². The van der Waals surface area contributed by atoms with E-state index < -0.39 is 6.61 Å². The Balaban J connectivity index is 0.00000441. The van der Waals surface area contributed by atoms with Crippen LogP contribution in [0.25, 0.3) is 0 Å². The highest BCUT2D eigenvalue weighted by Gasteiger charge is 2.11. The van der Waals surface area contributed by atoms with Crippen LogP contribution in [0.15, 0.2) is 23.2 Å². The standard InChI is InChI=1S/C14H21F2N3O2.HI/c1-4-17-14(18-5-2)19-9-10-6-7-11(20-3)8-12(10)21-13(15)16;/h6-8,13H,4-5,9H2,1-3H3,(H2,17,18,19);1H. The van der Waals surface area contributed by atoms with E-state index in [4.69, 9.17) is 4.74 Å². The third kappa shape index (κ3) is 7.10. The SMILES string of the molecule is CCNC(=NCc1ccc(OC)cc1OC(F)F)NCC.I. The second-order valence-electron chi connectivity index (χ2n) is 4.08. The fraction of sp³-hybridized carbons (Fsp3) is 0.500. The number of hydrogen-bond donors (Lipinski definition) is 2. The number of rotatable bonds is 7. The van der Waals surface area contributed by atoms with Gasteiger partial charge in [-0.15, -0.1) is 24.0 Å². The fourth-order valence-electron chi connectivity index (χ4n) is 1.67. The summed E-state index contributed by atoms with van der Waals surface area (Å²) in [5.74, 6) is 1.15. The minimum atomic E-state index is -2.89. The van der Waals surface area contributed by atoms with Crippen LogP contribution < -0.4 is 20.1 Å². The number of nitrogens with one attached hydrogen (secondary N) is 2. The molecule has 2 N–H and O–H groups in total. The molecular formula is C14H22F2IN3O2. The summed E-state index contributed by atoms with van der Waals surface area (Å²) in [5.41, 5.74) is 0.560. The van der Waals surface area contributed by atoms with E-state index >= 15 is 0 Å². The van der Waals surface area contributed by atoms with Gasteiger partial charge in [0.2, 0.25) is 0 Å². The molecule has 8 heteroatoms. The van der Waals surface area contributed by atoms with Crippen LogP contribution in [-0.4, -0.2) is 32.8 Å². The Morgan fingerprint density at radius 2 is 1.86 bits per heavy atom. The molecule has 0 aromatic heterocycles. The average molecular weight is 429 g/mol. The van der Waals surface area contributed by atoms with Crippen LogP contribution in [0.5, 0.6) is 11.5 Å². The molecule has 0 heterocycles. The minimum Gasteiger partial charge on any atom is -0.497 e. The first-order valence-corrected chi connectivity index (χ1v) is 6.74. The van der Waals surface area contributed by atoms with Gasteiger partial charge >= 0.3 is 6.61 Å². The zero-order valence-electron chi connectivity index (χ0n) is 12.9. The van der Waals surface area contributed by atoms with Crippen LogP contribution >= 0.6 is 24.0 Å². The summed E-state index contributed by atoms with van der Waals surface area (Å²) in [6.07, 6.45) is 0. The molecule has 0 aliphatic carbocycles. The van der Waals surface area contributed by atoms with E-state index in [2.05, 4.69) is 20.4 Å². The largest absolute Gasteiger partial charge is 0.497 e. The van der Waals surface area contributed by atoms with Crippen molar-refractivity contribution < 1.29 is 18.3 Å². The Kier molecular flexibility index (Phi) is 10.6. The summed E-state index contributed by atoms with van der Waals surface area (Å²) in [7, 11) is 1.47. The first kappa shape index (κ1) is 20.7. The van der Waals surface area contributed by atoms with Crippen molar-refractivity contribution in [3.05, 3.63) is 23.8 Å². The molecule has 22 heavy (non-hydrogen) atoms. The number of benzene rings is 1. The number of ether oxygens (including phenoxy) is 2. The van der Waals surface area contributed by atoms with Crippen molar-refractivity contribution in [1.82, 2.24) is 10.6 Å². The molecular weight excluding hydrogens is 407 g/mol. The maximum atomic E-state index is 12.5. The van der Waals surface area contributed by atoms with Crippen molar-refractivity contribution in [2.75, 3.05) is 20.2 Å². The van der Waals surface area contributed by atoms with Crippen LogP contribution in [0, 0.1) is 0 Å². The van der Waals surface area contributed by atoms with Crippen molar-refractivity contribution in [2.24, 2.45) is 4.99 Å². The molecule has 5 nitrogen and oxygen atoms in total. The zero-order valence-corrected chi connectivity index (χ0v) is 15.2. The van der Waals surface area contributed by atoms with Gasteiger partial charge in [-0.05, 0) is 26.0 Å². The predicted octanol–water partition coefficient (Wildman–Crippen LogP) is 2.99. The number of hydrogen-bond acceptors (Lipinski definition) is 3. The number of guanidine groups is 1. The highest BCUT2D eigenvalue weighted by Crippen LogP contribution is 2.26. The highest BCUT2D eigenvalue weighted by atomic mass is 127. The van der Waals surface area contributed by atoms with E-state index in [1.54, 1.807) is 12.1 Å². The van der Waals surface area contributed by atoms with Gasteiger partial charge in [-0.25, -0.2) is 4.99 Å². The van der Waals surface area contributed by atoms with Crippen molar-refractivity contribution in [2.45, 2.75) is 27.0 Å². The summed E-state index contributed by atoms with van der Waals surface area (Å²) < 4.78 is 34.4. The van der Waals surface area contributed by atoms with Gasteiger partial charge in [0.25, 0.3) is 0 Å². The molecule has 0 radical (unpaired) electrons. The monoisotopic (exact) mass is 429 g/mol. The zero-order chi connectivity index (χ0) is 15.7. The summed E-state index contributed by atoms with van der Waals surface area (Å²) in [6, 6.07) is 4.77. The Morgan fingerprint density at radius 3 is 2.36 bits per heavy atom. The van der Waals surface area contributed by atoms with Gasteiger partial charge in [-0.2, -0.15) is 8.78 Å². The topological polar surface area (TPSA) is 54.9 Å². The maximum absolute atomic E-state index is 12.5. The van der Waals surface area contributed by atoms with E-state index in [0.717, 1.165) is 13.1 Å². The first-order chi connectivity index (χ1) is 10.1. The van der Waals surface area contributed by atoms with Crippen LogP contribution in [0.4, 0.5) is 8.78 Å². The van der Waals surface area contributed by atoms with Gasteiger partial charge in [0.1, 0.15) is 11.5 Å². The lowest BCUT2D eigenvalue weighted by Gasteiger charge is -2.12. The average Bonchev–Trinajstić information content (AvgIpc) is 2.45. The molecule has 0 bridgehead atoms. The highest BCUT2D eigenvalue weighted by molar-refractivity contribution is 14.0. The van der Waals surface area contributed by atoms with Gasteiger partial charge in [0.15, 0.2) is 5.96 Å². The molecule has 1 rings (SSSR count). The first-order valence-electron chi connectivity index (χ1n) is 6.74. The van der Waals surface area contributed by atoms with E-state index in [1.807, 2.05) is 13.8 Å². The lowest BCUT2D eigenvalue weighted by molar-refractivity contribution is -0.0505. The Labute approximate surface area is 146 Å². The number of nitrogens with zero attached hydrogens (tertiary/aromatic N) is 1. The number of halogens is 3. The number of methoxy groups -OCH3 is 1. The Hall–Kier alpha value is -1.32. The maximum Gasteiger partial charge on any atom is 0.387 e. The minimum absolute atomic E-state index is 0. The summed E-state index contributed by atoms with van der Waals surface area (Å²) in [5, 5.41) is 6.12. The molecule has 126 valence electrons. The predicted molar refractivity (Wildman–Crippen MR) is 93.5 cm³/mol. The molecule has 1 aromatic rings. The van der Waals surface area contributed by atoms with E-state index in [9.17, 15) is 8.78 Å². The molecule has 0 saturated carbocycles. The van der Waals surface area contributed by atoms with Crippen LogP contribution in [0.2, 0.25) is 0 Å². The van der Waals surface area contributed by atoms with Gasteiger partial charge in [0, 0.05) is 24.7 Å². The summed E-state index contributed by atoms with van der Waals surface area (Å²) in [6.45, 7) is 2.67. The molecule has 1 aromatic carbocycles. The molecule has 0 unspecified atom stereocenters. The number of alkyl halides is 2. The molecule has 0 fully saturated rings. The normalized spacial score (nSPS) is 9.73. The quantitative estimate of drug-likeness (QED) is 0.398. The molecule has 0 spiro atoms.